The van der Waals surface area contributed by atoms with E-state index < -0.39 is 0 Å². The first-order valence-electron chi connectivity index (χ1n) is 7.26. The lowest BCUT2D eigenvalue weighted by molar-refractivity contribution is 0.0953. The smallest absolute Gasteiger partial charge is 0.252 e. The molecule has 3 N–H and O–H groups in total. The van der Waals surface area contributed by atoms with E-state index in [1.54, 1.807) is 24.7 Å². The first-order chi connectivity index (χ1) is 10.3. The Bertz CT molecular complexity index is 536. The highest BCUT2D eigenvalue weighted by Crippen LogP contribution is 2.05. The number of carbonyl (C=O) groups is 1. The van der Waals surface area contributed by atoms with Crippen LogP contribution in [0.4, 0.5) is 5.82 Å². The van der Waals surface area contributed by atoms with Gasteiger partial charge in [-0.25, -0.2) is 9.97 Å². The van der Waals surface area contributed by atoms with Gasteiger partial charge in [0.25, 0.3) is 5.91 Å². The summed E-state index contributed by atoms with van der Waals surface area (Å²) in [7, 11) is 0. The van der Waals surface area contributed by atoms with Crippen LogP contribution in [-0.4, -0.2) is 33.9 Å². The number of hydrogen-bond acceptors (Lipinski definition) is 4. The zero-order chi connectivity index (χ0) is 14.9. The summed E-state index contributed by atoms with van der Waals surface area (Å²) in [5.74, 6) is 1.65. The Labute approximate surface area is 124 Å². The summed E-state index contributed by atoms with van der Waals surface area (Å²) < 4.78 is 0. The normalized spacial score (nSPS) is 10.3. The van der Waals surface area contributed by atoms with Gasteiger partial charge >= 0.3 is 0 Å². The van der Waals surface area contributed by atoms with Gasteiger partial charge in [-0.2, -0.15) is 0 Å². The van der Waals surface area contributed by atoms with E-state index in [1.165, 1.54) is 0 Å². The number of hydrogen-bond donors (Lipinski definition) is 3. The molecule has 0 atom stereocenters. The van der Waals surface area contributed by atoms with Crippen molar-refractivity contribution in [2.75, 3.05) is 18.4 Å². The van der Waals surface area contributed by atoms with Crippen LogP contribution in [-0.2, 0) is 6.42 Å². The highest BCUT2D eigenvalue weighted by Gasteiger charge is 2.05. The molecular weight excluding hydrogens is 266 g/mol. The quantitative estimate of drug-likeness (QED) is 0.648. The molecule has 0 saturated carbocycles. The SMILES string of the molecule is CCCNc1ccc(C(=O)NCCCc2ncc[nH]2)cn1. The molecule has 2 aromatic rings. The van der Waals surface area contributed by atoms with Crippen LogP contribution < -0.4 is 10.6 Å². The summed E-state index contributed by atoms with van der Waals surface area (Å²) in [6.45, 7) is 3.60. The van der Waals surface area contributed by atoms with Crippen molar-refractivity contribution in [1.29, 1.82) is 0 Å². The van der Waals surface area contributed by atoms with E-state index in [4.69, 9.17) is 0 Å². The van der Waals surface area contributed by atoms with E-state index in [1.807, 2.05) is 6.07 Å². The second-order valence-electron chi connectivity index (χ2n) is 4.75. The fourth-order valence-corrected chi connectivity index (χ4v) is 1.88. The number of amides is 1. The molecule has 0 bridgehead atoms. The predicted molar refractivity (Wildman–Crippen MR) is 82.3 cm³/mol. The second-order valence-corrected chi connectivity index (χ2v) is 4.75. The highest BCUT2D eigenvalue weighted by atomic mass is 16.1. The molecule has 0 aliphatic carbocycles. The van der Waals surface area contributed by atoms with Crippen LogP contribution in [0.2, 0.25) is 0 Å². The molecular formula is C15H21N5O. The molecule has 0 aliphatic rings. The van der Waals surface area contributed by atoms with E-state index >= 15 is 0 Å². The van der Waals surface area contributed by atoms with Gasteiger partial charge in [0.05, 0.1) is 5.56 Å². The van der Waals surface area contributed by atoms with Crippen LogP contribution in [0.1, 0.15) is 35.9 Å². The number of aromatic nitrogens is 3. The molecule has 6 nitrogen and oxygen atoms in total. The number of nitrogens with zero attached hydrogens (tertiary/aromatic N) is 2. The van der Waals surface area contributed by atoms with Crippen LogP contribution >= 0.6 is 0 Å². The molecule has 0 aliphatic heterocycles. The van der Waals surface area contributed by atoms with Gasteiger partial charge in [0.2, 0.25) is 0 Å². The van der Waals surface area contributed by atoms with E-state index in [-0.39, 0.29) is 5.91 Å². The molecule has 21 heavy (non-hydrogen) atoms. The Morgan fingerprint density at radius 1 is 1.29 bits per heavy atom. The summed E-state index contributed by atoms with van der Waals surface area (Å²) in [5.41, 5.74) is 0.579. The summed E-state index contributed by atoms with van der Waals surface area (Å²) in [6, 6.07) is 3.61. The molecule has 0 spiro atoms. The molecule has 6 heteroatoms. The minimum absolute atomic E-state index is 0.0935. The molecule has 0 unspecified atom stereocenters. The van der Waals surface area contributed by atoms with Crippen molar-refractivity contribution in [3.63, 3.8) is 0 Å². The summed E-state index contributed by atoms with van der Waals surface area (Å²) >= 11 is 0. The lowest BCUT2D eigenvalue weighted by Crippen LogP contribution is -2.25. The van der Waals surface area contributed by atoms with Crippen molar-refractivity contribution in [3.05, 3.63) is 42.1 Å². The van der Waals surface area contributed by atoms with E-state index in [0.717, 1.165) is 37.4 Å². The number of aromatic amines is 1. The first kappa shape index (κ1) is 15.0. The third-order valence-corrected chi connectivity index (χ3v) is 3.01. The third kappa shape index (κ3) is 4.91. The lowest BCUT2D eigenvalue weighted by atomic mass is 10.2. The van der Waals surface area contributed by atoms with Gasteiger partial charge in [0.15, 0.2) is 0 Å². The van der Waals surface area contributed by atoms with Gasteiger partial charge in [0, 0.05) is 38.1 Å². The van der Waals surface area contributed by atoms with E-state index in [9.17, 15) is 4.79 Å². The van der Waals surface area contributed by atoms with Crippen molar-refractivity contribution in [2.45, 2.75) is 26.2 Å². The number of aryl methyl sites for hydroxylation is 1. The second kappa shape index (κ2) is 8.04. The number of anilines is 1. The fraction of sp³-hybridized carbons (Fsp3) is 0.400. The Morgan fingerprint density at radius 3 is 2.86 bits per heavy atom. The molecule has 112 valence electrons. The fourth-order valence-electron chi connectivity index (χ4n) is 1.88. The average Bonchev–Trinajstić information content (AvgIpc) is 3.03. The lowest BCUT2D eigenvalue weighted by Gasteiger charge is -2.06. The van der Waals surface area contributed by atoms with Gasteiger partial charge in [-0.15, -0.1) is 0 Å². The van der Waals surface area contributed by atoms with Gasteiger partial charge in [-0.3, -0.25) is 4.79 Å². The molecule has 0 radical (unpaired) electrons. The maximum atomic E-state index is 11.9. The van der Waals surface area contributed by atoms with Crippen molar-refractivity contribution in [2.24, 2.45) is 0 Å². The van der Waals surface area contributed by atoms with E-state index in [0.29, 0.717) is 12.1 Å². The Morgan fingerprint density at radius 2 is 2.19 bits per heavy atom. The van der Waals surface area contributed by atoms with Crippen LogP contribution in [0, 0.1) is 0 Å². The highest BCUT2D eigenvalue weighted by molar-refractivity contribution is 5.94. The Kier molecular flexibility index (Phi) is 5.75. The van der Waals surface area contributed by atoms with Crippen molar-refractivity contribution in [3.8, 4) is 0 Å². The largest absolute Gasteiger partial charge is 0.370 e. The van der Waals surface area contributed by atoms with Crippen LogP contribution in [0.25, 0.3) is 0 Å². The van der Waals surface area contributed by atoms with Gasteiger partial charge in [-0.05, 0) is 25.0 Å². The zero-order valence-corrected chi connectivity index (χ0v) is 12.2. The minimum Gasteiger partial charge on any atom is -0.370 e. The number of rotatable bonds is 8. The molecule has 2 aromatic heterocycles. The van der Waals surface area contributed by atoms with Crippen LogP contribution in [0.5, 0.6) is 0 Å². The van der Waals surface area contributed by atoms with Crippen LogP contribution in [0.3, 0.4) is 0 Å². The monoisotopic (exact) mass is 287 g/mol. The molecule has 0 aromatic carbocycles. The molecule has 0 fully saturated rings. The maximum Gasteiger partial charge on any atom is 0.252 e. The average molecular weight is 287 g/mol. The maximum absolute atomic E-state index is 11.9. The first-order valence-corrected chi connectivity index (χ1v) is 7.26. The summed E-state index contributed by atoms with van der Waals surface area (Å²) in [6.07, 6.45) is 7.84. The van der Waals surface area contributed by atoms with Crippen molar-refractivity contribution >= 4 is 11.7 Å². The number of carbonyl (C=O) groups excluding carboxylic acids is 1. The van der Waals surface area contributed by atoms with Gasteiger partial charge in [0.1, 0.15) is 11.6 Å². The number of H-pyrrole nitrogens is 1. The number of nitrogens with one attached hydrogen (secondary N) is 3. The van der Waals surface area contributed by atoms with Gasteiger partial charge < -0.3 is 15.6 Å². The predicted octanol–water partition coefficient (Wildman–Crippen LogP) is 1.99. The Hall–Kier alpha value is -2.37. The minimum atomic E-state index is -0.0935. The number of pyridine rings is 1. The van der Waals surface area contributed by atoms with Crippen LogP contribution in [0.15, 0.2) is 30.7 Å². The molecule has 1 amide bonds. The molecule has 0 saturated heterocycles. The van der Waals surface area contributed by atoms with Gasteiger partial charge in [-0.1, -0.05) is 6.92 Å². The molecule has 2 rings (SSSR count). The summed E-state index contributed by atoms with van der Waals surface area (Å²) in [5, 5.41) is 6.06. The Balaban J connectivity index is 1.72. The standard InChI is InChI=1S/C15H21N5O/c1-2-7-16-14-6-5-12(11-20-14)15(21)19-8-3-4-13-17-9-10-18-13/h5-6,9-11H,2-4,7-8H2,1H3,(H,16,20)(H,17,18)(H,19,21). The topological polar surface area (TPSA) is 82.7 Å². The molecule has 2 heterocycles. The number of imidazole rings is 1. The zero-order valence-electron chi connectivity index (χ0n) is 12.2. The van der Waals surface area contributed by atoms with E-state index in [2.05, 4.69) is 32.5 Å². The summed E-state index contributed by atoms with van der Waals surface area (Å²) in [4.78, 5) is 23.3. The van der Waals surface area contributed by atoms with Crippen molar-refractivity contribution in [1.82, 2.24) is 20.3 Å². The van der Waals surface area contributed by atoms with Crippen molar-refractivity contribution < 1.29 is 4.79 Å². The third-order valence-electron chi connectivity index (χ3n) is 3.01.